The van der Waals surface area contributed by atoms with Gasteiger partial charge in [-0.25, -0.2) is 0 Å². The molecule has 0 aliphatic rings. The first kappa shape index (κ1) is 8.24. The third kappa shape index (κ3) is 2.33. The van der Waals surface area contributed by atoms with Gasteiger partial charge in [0.1, 0.15) is 0 Å². The van der Waals surface area contributed by atoms with Gasteiger partial charge in [0.25, 0.3) is 0 Å². The molecule has 0 aromatic rings. The summed E-state index contributed by atoms with van der Waals surface area (Å²) in [7, 11) is 0. The van der Waals surface area contributed by atoms with Crippen molar-refractivity contribution in [1.82, 2.24) is 5.48 Å². The Hall–Kier alpha value is -0.760. The number of nitrogens with one attached hydrogen (secondary N) is 1. The first-order chi connectivity index (χ1) is 4.09. The summed E-state index contributed by atoms with van der Waals surface area (Å²) in [5.41, 5.74) is 3.56. The lowest BCUT2D eigenvalue weighted by atomic mass is 10.0. The van der Waals surface area contributed by atoms with E-state index in [1.807, 2.05) is 19.3 Å². The molecule has 0 bridgehead atoms. The van der Waals surface area contributed by atoms with Crippen LogP contribution >= 0.6 is 0 Å². The molecule has 0 saturated carbocycles. The molecule has 0 amide bonds. The fourth-order valence-corrected chi connectivity index (χ4v) is 0.394. The summed E-state index contributed by atoms with van der Waals surface area (Å²) in [6.45, 7) is 11.1. The van der Waals surface area contributed by atoms with E-state index < -0.39 is 0 Å². The van der Waals surface area contributed by atoms with Gasteiger partial charge in [0.2, 0.25) is 0 Å². The van der Waals surface area contributed by atoms with Crippen molar-refractivity contribution in [2.24, 2.45) is 5.92 Å². The van der Waals surface area contributed by atoms with Crippen LogP contribution in [0.1, 0.15) is 13.8 Å². The molecule has 0 aromatic heterocycles. The predicted molar refractivity (Wildman–Crippen MR) is 38.0 cm³/mol. The van der Waals surface area contributed by atoms with Crippen molar-refractivity contribution in [1.29, 1.82) is 0 Å². The van der Waals surface area contributed by atoms with E-state index in [0.29, 0.717) is 5.70 Å². The van der Waals surface area contributed by atoms with Crippen LogP contribution in [0.3, 0.4) is 0 Å². The first-order valence-electron chi connectivity index (χ1n) is 2.84. The molecule has 2 N–H and O–H groups in total. The Morgan fingerprint density at radius 2 is 2.00 bits per heavy atom. The third-order valence-electron chi connectivity index (χ3n) is 1.41. The van der Waals surface area contributed by atoms with Crippen molar-refractivity contribution >= 4 is 0 Å². The van der Waals surface area contributed by atoms with Crippen LogP contribution in [0.4, 0.5) is 0 Å². The highest BCUT2D eigenvalue weighted by Gasteiger charge is 2.04. The van der Waals surface area contributed by atoms with Crippen molar-refractivity contribution in [3.05, 3.63) is 24.4 Å². The van der Waals surface area contributed by atoms with Gasteiger partial charge in [-0.2, -0.15) is 0 Å². The maximum Gasteiger partial charge on any atom is 0.0372 e. The van der Waals surface area contributed by atoms with Crippen molar-refractivity contribution < 1.29 is 5.21 Å². The molecule has 9 heavy (non-hydrogen) atoms. The van der Waals surface area contributed by atoms with Crippen LogP contribution in [0.5, 0.6) is 0 Å². The Labute approximate surface area is 55.8 Å². The molecule has 1 atom stereocenters. The summed E-state index contributed by atoms with van der Waals surface area (Å²) in [6, 6.07) is 0. The van der Waals surface area contributed by atoms with E-state index in [-0.39, 0.29) is 5.92 Å². The lowest BCUT2D eigenvalue weighted by Crippen LogP contribution is -2.13. The fourth-order valence-electron chi connectivity index (χ4n) is 0.394. The van der Waals surface area contributed by atoms with E-state index in [9.17, 15) is 0 Å². The molecular weight excluding hydrogens is 114 g/mol. The molecule has 2 heteroatoms. The molecule has 0 fully saturated rings. The molecule has 2 nitrogen and oxygen atoms in total. The minimum Gasteiger partial charge on any atom is -0.291 e. The van der Waals surface area contributed by atoms with Crippen LogP contribution in [-0.2, 0) is 0 Å². The summed E-state index contributed by atoms with van der Waals surface area (Å²) in [5, 5.41) is 8.36. The minimum atomic E-state index is 0.134. The van der Waals surface area contributed by atoms with Gasteiger partial charge in [0.15, 0.2) is 0 Å². The normalized spacial score (nSPS) is 12.3. The van der Waals surface area contributed by atoms with Gasteiger partial charge in [-0.3, -0.25) is 10.7 Å². The smallest absolute Gasteiger partial charge is 0.0372 e. The topological polar surface area (TPSA) is 32.3 Å². The summed E-state index contributed by atoms with van der Waals surface area (Å²) in [4.78, 5) is 0. The number of hydrogen-bond acceptors (Lipinski definition) is 2. The molecule has 0 aliphatic heterocycles. The summed E-state index contributed by atoms with van der Waals surface area (Å²) in [6.07, 6.45) is 0. The summed E-state index contributed by atoms with van der Waals surface area (Å²) in [5.74, 6) is 0.134. The number of allylic oxidation sites excluding steroid dienone is 1. The minimum absolute atomic E-state index is 0.134. The van der Waals surface area contributed by atoms with Gasteiger partial charge in [0, 0.05) is 11.6 Å². The van der Waals surface area contributed by atoms with Gasteiger partial charge in [-0.1, -0.05) is 25.7 Å². The number of hydrogen-bond donors (Lipinski definition) is 2. The van der Waals surface area contributed by atoms with Crippen LogP contribution in [0, 0.1) is 5.92 Å². The quantitative estimate of drug-likeness (QED) is 0.446. The standard InChI is InChI=1S/C7H13NO/c1-5(2)6(3)7(4)8-9/h6,8-9H,1,4H2,2-3H3. The van der Waals surface area contributed by atoms with E-state index in [1.165, 1.54) is 0 Å². The Morgan fingerprint density at radius 3 is 2.11 bits per heavy atom. The summed E-state index contributed by atoms with van der Waals surface area (Å²) < 4.78 is 0. The second-order valence-corrected chi connectivity index (χ2v) is 2.21. The molecule has 0 rings (SSSR count). The zero-order chi connectivity index (χ0) is 7.44. The fraction of sp³-hybridized carbons (Fsp3) is 0.429. The molecule has 1 unspecified atom stereocenters. The molecule has 0 aromatic carbocycles. The van der Waals surface area contributed by atoms with E-state index in [0.717, 1.165) is 5.57 Å². The van der Waals surface area contributed by atoms with Crippen LogP contribution in [0.15, 0.2) is 24.4 Å². The lowest BCUT2D eigenvalue weighted by Gasteiger charge is -2.11. The Kier molecular flexibility index (Phi) is 3.02. The van der Waals surface area contributed by atoms with Gasteiger partial charge >= 0.3 is 0 Å². The van der Waals surface area contributed by atoms with E-state index in [1.54, 1.807) is 0 Å². The van der Waals surface area contributed by atoms with Crippen molar-refractivity contribution in [2.45, 2.75) is 13.8 Å². The second kappa shape index (κ2) is 3.30. The molecule has 0 spiro atoms. The average Bonchev–Trinajstić information content (AvgIpc) is 1.84. The molecule has 52 valence electrons. The predicted octanol–water partition coefficient (Wildman–Crippen LogP) is 1.69. The highest BCUT2D eigenvalue weighted by molar-refractivity contribution is 5.09. The van der Waals surface area contributed by atoms with Gasteiger partial charge in [-0.05, 0) is 6.92 Å². The second-order valence-electron chi connectivity index (χ2n) is 2.21. The average molecular weight is 127 g/mol. The SMILES string of the molecule is C=C(C)C(C)C(=C)NO. The van der Waals surface area contributed by atoms with Crippen molar-refractivity contribution in [3.63, 3.8) is 0 Å². The molecule has 0 radical (unpaired) electrons. The number of hydroxylamine groups is 1. The highest BCUT2D eigenvalue weighted by Crippen LogP contribution is 2.12. The maximum atomic E-state index is 8.36. The van der Waals surface area contributed by atoms with Crippen molar-refractivity contribution in [3.8, 4) is 0 Å². The molecular formula is C7H13NO. The Morgan fingerprint density at radius 1 is 1.56 bits per heavy atom. The Balaban J connectivity index is 3.88. The zero-order valence-electron chi connectivity index (χ0n) is 5.94. The van der Waals surface area contributed by atoms with Crippen LogP contribution in [-0.4, -0.2) is 5.21 Å². The maximum absolute atomic E-state index is 8.36. The van der Waals surface area contributed by atoms with Crippen LogP contribution < -0.4 is 5.48 Å². The molecule has 0 aliphatic carbocycles. The summed E-state index contributed by atoms with van der Waals surface area (Å²) >= 11 is 0. The van der Waals surface area contributed by atoms with Gasteiger partial charge in [-0.15, -0.1) is 0 Å². The van der Waals surface area contributed by atoms with E-state index >= 15 is 0 Å². The van der Waals surface area contributed by atoms with Gasteiger partial charge in [0.05, 0.1) is 0 Å². The van der Waals surface area contributed by atoms with E-state index in [2.05, 4.69) is 13.2 Å². The monoisotopic (exact) mass is 127 g/mol. The number of rotatable bonds is 3. The van der Waals surface area contributed by atoms with Crippen LogP contribution in [0.25, 0.3) is 0 Å². The van der Waals surface area contributed by atoms with E-state index in [4.69, 9.17) is 5.21 Å². The third-order valence-corrected chi connectivity index (χ3v) is 1.41. The Bertz CT molecular complexity index is 129. The van der Waals surface area contributed by atoms with Crippen LogP contribution in [0.2, 0.25) is 0 Å². The zero-order valence-corrected chi connectivity index (χ0v) is 5.94. The first-order valence-corrected chi connectivity index (χ1v) is 2.84. The largest absolute Gasteiger partial charge is 0.291 e. The molecule has 0 saturated heterocycles. The van der Waals surface area contributed by atoms with Crippen molar-refractivity contribution in [2.75, 3.05) is 0 Å². The molecule has 0 heterocycles. The lowest BCUT2D eigenvalue weighted by molar-refractivity contribution is 0.191. The van der Waals surface area contributed by atoms with Gasteiger partial charge < -0.3 is 0 Å². The highest BCUT2D eigenvalue weighted by atomic mass is 16.5.